The molecule has 6 nitrogen and oxygen atoms in total. The fraction of sp³-hybridized carbons (Fsp3) is 0.594. The molecule has 2 atom stereocenters. The summed E-state index contributed by atoms with van der Waals surface area (Å²) in [4.78, 5) is 30.4. The highest BCUT2D eigenvalue weighted by atomic mass is 16.2. The zero-order valence-corrected chi connectivity index (χ0v) is 25.3. The molecule has 208 valence electrons. The van der Waals surface area contributed by atoms with Gasteiger partial charge in [-0.1, -0.05) is 31.5 Å². The summed E-state index contributed by atoms with van der Waals surface area (Å²) in [5, 5.41) is 0. The number of nitrogens with zero attached hydrogens (tertiary/aromatic N) is 5. The van der Waals surface area contributed by atoms with Gasteiger partial charge in [-0.2, -0.15) is 0 Å². The van der Waals surface area contributed by atoms with Crippen molar-refractivity contribution >= 4 is 17.5 Å². The van der Waals surface area contributed by atoms with E-state index < -0.39 is 0 Å². The zero-order chi connectivity index (χ0) is 28.0. The van der Waals surface area contributed by atoms with Crippen LogP contribution >= 0.6 is 0 Å². The van der Waals surface area contributed by atoms with Crippen LogP contribution in [0.25, 0.3) is 0 Å². The number of carbonyl (C=O) groups is 1. The van der Waals surface area contributed by atoms with Gasteiger partial charge in [0.1, 0.15) is 5.84 Å². The van der Waals surface area contributed by atoms with Crippen molar-refractivity contribution in [3.05, 3.63) is 57.9 Å². The number of rotatable bonds is 1. The average molecular weight is 520 g/mol. The van der Waals surface area contributed by atoms with Crippen LogP contribution in [0.4, 0.5) is 0 Å². The Balaban J connectivity index is 2.12. The van der Waals surface area contributed by atoms with E-state index in [4.69, 9.17) is 4.99 Å². The Morgan fingerprint density at radius 3 is 2.45 bits per heavy atom. The van der Waals surface area contributed by atoms with Crippen LogP contribution in [0.3, 0.4) is 0 Å². The molecular formula is C32H49N5O. The van der Waals surface area contributed by atoms with Crippen LogP contribution in [-0.2, 0) is 6.42 Å². The number of hydrogen-bond acceptors (Lipinski definition) is 5. The number of benzene rings is 1. The standard InChI is InChI=1S/C32H49N5O/c1-10-30-29(33-7)20-24(4)34-31(37-18-16-23(3)21-37)25(5)26(6)35(8)17-12-11-13-27-15-14-22(2)19-28(27)32(38)36(30)9/h14-15,19-20,23,30H,10-13,16-18,21H2,1-9H3/b24-20+,26-25+,33-29+,34-31+/t23-,30?/m0/s1. The molecular weight excluding hydrogens is 470 g/mol. The van der Waals surface area contributed by atoms with Crippen molar-refractivity contribution < 1.29 is 4.79 Å². The Morgan fingerprint density at radius 1 is 1.08 bits per heavy atom. The number of allylic oxidation sites excluding steroid dienone is 2. The highest BCUT2D eigenvalue weighted by molar-refractivity contribution is 6.05. The Hall–Kier alpha value is -2.89. The van der Waals surface area contributed by atoms with Gasteiger partial charge in [-0.15, -0.1) is 0 Å². The van der Waals surface area contributed by atoms with Crippen molar-refractivity contribution in [2.24, 2.45) is 15.9 Å². The minimum Gasteiger partial charge on any atom is -0.378 e. The highest BCUT2D eigenvalue weighted by Gasteiger charge is 2.27. The number of carbonyl (C=O) groups excluding carboxylic acids is 1. The van der Waals surface area contributed by atoms with Gasteiger partial charge < -0.3 is 14.7 Å². The molecule has 0 N–H and O–H groups in total. The quantitative estimate of drug-likeness (QED) is 0.449. The third-order valence-corrected chi connectivity index (χ3v) is 8.27. The van der Waals surface area contributed by atoms with Gasteiger partial charge in [0.15, 0.2) is 0 Å². The summed E-state index contributed by atoms with van der Waals surface area (Å²) in [5.41, 5.74) is 7.35. The van der Waals surface area contributed by atoms with E-state index in [1.807, 2.05) is 19.0 Å². The fourth-order valence-electron chi connectivity index (χ4n) is 5.64. The largest absolute Gasteiger partial charge is 0.378 e. The summed E-state index contributed by atoms with van der Waals surface area (Å²) in [6, 6.07) is 6.19. The molecule has 1 aromatic rings. The van der Waals surface area contributed by atoms with Gasteiger partial charge in [0, 0.05) is 63.3 Å². The molecule has 0 aromatic heterocycles. The topological polar surface area (TPSA) is 51.5 Å². The van der Waals surface area contributed by atoms with Crippen LogP contribution in [0, 0.1) is 12.8 Å². The summed E-state index contributed by atoms with van der Waals surface area (Å²) in [6.45, 7) is 16.0. The van der Waals surface area contributed by atoms with Gasteiger partial charge in [-0.3, -0.25) is 9.79 Å². The van der Waals surface area contributed by atoms with Crippen molar-refractivity contribution in [3.8, 4) is 0 Å². The van der Waals surface area contributed by atoms with Crippen molar-refractivity contribution in [2.75, 3.05) is 40.8 Å². The second kappa shape index (κ2) is 13.3. The second-order valence-corrected chi connectivity index (χ2v) is 11.3. The third-order valence-electron chi connectivity index (χ3n) is 8.27. The minimum absolute atomic E-state index is 0.0628. The van der Waals surface area contributed by atoms with E-state index >= 15 is 0 Å². The number of amides is 1. The predicted molar refractivity (Wildman–Crippen MR) is 161 cm³/mol. The first-order valence-electron chi connectivity index (χ1n) is 14.3. The third kappa shape index (κ3) is 6.95. The first-order valence-corrected chi connectivity index (χ1v) is 14.3. The SMILES string of the molecule is CCC1C(=N/C)/C=C(C)/N=C(N2CC[C@H](C)C2)\C(C)=C(/C)N(C)CCCCc2ccc(C)cc2C(=O)N1C. The molecule has 1 unspecified atom stereocenters. The van der Waals surface area contributed by atoms with E-state index in [1.165, 1.54) is 17.7 Å². The summed E-state index contributed by atoms with van der Waals surface area (Å²) in [6.07, 6.45) is 7.04. The molecule has 0 spiro atoms. The Kier molecular flexibility index (Phi) is 10.3. The Bertz CT molecular complexity index is 1130. The lowest BCUT2D eigenvalue weighted by atomic mass is 9.97. The lowest BCUT2D eigenvalue weighted by Gasteiger charge is -2.29. The molecule has 0 aliphatic carbocycles. The van der Waals surface area contributed by atoms with Crippen molar-refractivity contribution in [1.82, 2.24) is 14.7 Å². The highest BCUT2D eigenvalue weighted by Crippen LogP contribution is 2.24. The van der Waals surface area contributed by atoms with Crippen LogP contribution in [0.5, 0.6) is 0 Å². The van der Waals surface area contributed by atoms with Crippen LogP contribution in [-0.4, -0.2) is 79.0 Å². The first kappa shape index (κ1) is 29.7. The lowest BCUT2D eigenvalue weighted by molar-refractivity contribution is 0.0767. The van der Waals surface area contributed by atoms with Gasteiger partial charge in [-0.25, -0.2) is 4.99 Å². The van der Waals surface area contributed by atoms with Gasteiger partial charge >= 0.3 is 0 Å². The van der Waals surface area contributed by atoms with E-state index in [2.05, 4.69) is 87.7 Å². The number of fused-ring (bicyclic) bond motifs is 1. The zero-order valence-electron chi connectivity index (χ0n) is 25.3. The average Bonchev–Trinajstić information content (AvgIpc) is 3.33. The molecule has 38 heavy (non-hydrogen) atoms. The van der Waals surface area contributed by atoms with Crippen molar-refractivity contribution in [1.29, 1.82) is 0 Å². The number of amidine groups is 1. The molecule has 2 aliphatic rings. The summed E-state index contributed by atoms with van der Waals surface area (Å²) >= 11 is 0. The van der Waals surface area contributed by atoms with Crippen LogP contribution in [0.1, 0.15) is 81.8 Å². The molecule has 1 aromatic carbocycles. The van der Waals surface area contributed by atoms with Crippen LogP contribution in [0.15, 0.2) is 51.2 Å². The Morgan fingerprint density at radius 2 is 1.82 bits per heavy atom. The van der Waals surface area contributed by atoms with Gasteiger partial charge in [0.2, 0.25) is 0 Å². The molecule has 0 radical (unpaired) electrons. The fourth-order valence-corrected chi connectivity index (χ4v) is 5.64. The maximum absolute atomic E-state index is 13.8. The van der Waals surface area contributed by atoms with Crippen LogP contribution in [0.2, 0.25) is 0 Å². The molecule has 0 saturated carbocycles. The number of hydrogen-bond donors (Lipinski definition) is 0. The molecule has 1 amide bonds. The maximum Gasteiger partial charge on any atom is 0.254 e. The van der Waals surface area contributed by atoms with E-state index in [9.17, 15) is 4.79 Å². The summed E-state index contributed by atoms with van der Waals surface area (Å²) in [5.74, 6) is 1.79. The molecule has 1 saturated heterocycles. The van der Waals surface area contributed by atoms with E-state index in [0.29, 0.717) is 5.92 Å². The van der Waals surface area contributed by atoms with Gasteiger partial charge in [-0.05, 0) is 83.4 Å². The number of aryl methyl sites for hydroxylation is 2. The van der Waals surface area contributed by atoms with Crippen LogP contribution < -0.4 is 0 Å². The molecule has 1 fully saturated rings. The minimum atomic E-state index is -0.124. The maximum atomic E-state index is 13.8. The predicted octanol–water partition coefficient (Wildman–Crippen LogP) is 6.12. The van der Waals surface area contributed by atoms with Crippen molar-refractivity contribution in [2.45, 2.75) is 79.7 Å². The molecule has 2 heterocycles. The van der Waals surface area contributed by atoms with E-state index in [1.54, 1.807) is 0 Å². The lowest BCUT2D eigenvalue weighted by Crippen LogP contribution is -2.42. The molecule has 3 rings (SSSR count). The van der Waals surface area contributed by atoms with Crippen molar-refractivity contribution in [3.63, 3.8) is 0 Å². The number of likely N-dealkylation sites (tertiary alicyclic amines) is 1. The number of aliphatic imine (C=N–C) groups is 2. The van der Waals surface area contributed by atoms with E-state index in [-0.39, 0.29) is 11.9 Å². The monoisotopic (exact) mass is 519 g/mol. The summed E-state index contributed by atoms with van der Waals surface area (Å²) < 4.78 is 0. The molecule has 6 heteroatoms. The molecule has 0 bridgehead atoms. The smallest absolute Gasteiger partial charge is 0.254 e. The first-order chi connectivity index (χ1) is 18.1. The normalized spacial score (nSPS) is 28.6. The molecule has 2 aliphatic heterocycles. The summed E-state index contributed by atoms with van der Waals surface area (Å²) in [7, 11) is 5.91. The second-order valence-electron chi connectivity index (χ2n) is 11.3. The van der Waals surface area contributed by atoms with Gasteiger partial charge in [0.05, 0.1) is 11.8 Å². The van der Waals surface area contributed by atoms with Gasteiger partial charge in [0.25, 0.3) is 5.91 Å². The van der Waals surface area contributed by atoms with E-state index in [0.717, 1.165) is 79.3 Å². The Labute approximate surface area is 231 Å².